The Kier molecular flexibility index (Phi) is 3.54. The van der Waals surface area contributed by atoms with Crippen molar-refractivity contribution in [2.24, 2.45) is 5.92 Å². The quantitative estimate of drug-likeness (QED) is 0.827. The summed E-state index contributed by atoms with van der Waals surface area (Å²) >= 11 is 0. The van der Waals surface area contributed by atoms with Gasteiger partial charge in [-0.2, -0.15) is 0 Å². The highest BCUT2D eigenvalue weighted by molar-refractivity contribution is 6.10. The minimum Gasteiger partial charge on any atom is -0.323 e. The summed E-state index contributed by atoms with van der Waals surface area (Å²) in [6.07, 6.45) is 1.69. The van der Waals surface area contributed by atoms with Crippen LogP contribution in [-0.4, -0.2) is 34.8 Å². The second kappa shape index (κ2) is 5.29. The molecule has 1 aromatic carbocycles. The smallest absolute Gasteiger partial charge is 0.323 e. The highest BCUT2D eigenvalue weighted by Crippen LogP contribution is 2.42. The van der Waals surface area contributed by atoms with Gasteiger partial charge in [0.25, 0.3) is 5.91 Å². The molecule has 1 saturated carbocycles. The van der Waals surface area contributed by atoms with Crippen molar-refractivity contribution in [1.29, 1.82) is 0 Å². The number of anilines is 1. The van der Waals surface area contributed by atoms with Gasteiger partial charge in [-0.3, -0.25) is 14.5 Å². The fourth-order valence-electron chi connectivity index (χ4n) is 2.72. The number of hydrogen-bond acceptors (Lipinski definition) is 3. The molecule has 23 heavy (non-hydrogen) atoms. The molecule has 1 unspecified atom stereocenters. The van der Waals surface area contributed by atoms with Gasteiger partial charge in [0.05, 0.1) is 5.69 Å². The van der Waals surface area contributed by atoms with Crippen LogP contribution in [-0.2, 0) is 9.59 Å². The number of urea groups is 1. The van der Waals surface area contributed by atoms with E-state index in [2.05, 4.69) is 10.6 Å². The number of rotatable bonds is 4. The number of carbonyl (C=O) groups excluding carboxylic acids is 3. The molecule has 1 heterocycles. The topological polar surface area (TPSA) is 78.5 Å². The second-order valence-electron chi connectivity index (χ2n) is 5.97. The molecule has 0 bridgehead atoms. The molecule has 1 saturated heterocycles. The van der Waals surface area contributed by atoms with Crippen LogP contribution in [0.1, 0.15) is 19.8 Å². The van der Waals surface area contributed by atoms with Gasteiger partial charge in [-0.05, 0) is 37.8 Å². The number of hydrogen-bond donors (Lipinski definition) is 2. The Morgan fingerprint density at radius 3 is 2.74 bits per heavy atom. The SMILES string of the molecule is CC1(C2CC2)NC(=O)N(CC(=O)Nc2cc(F)ccc2F)C1=O. The van der Waals surface area contributed by atoms with Crippen molar-refractivity contribution in [1.82, 2.24) is 10.2 Å². The predicted molar refractivity (Wildman–Crippen MR) is 76.4 cm³/mol. The van der Waals surface area contributed by atoms with E-state index in [-0.39, 0.29) is 11.6 Å². The second-order valence-corrected chi connectivity index (χ2v) is 5.97. The molecule has 1 aromatic rings. The van der Waals surface area contributed by atoms with E-state index < -0.39 is 41.6 Å². The lowest BCUT2D eigenvalue weighted by atomic mass is 9.96. The standard InChI is InChI=1S/C15H15F2N3O3/c1-15(8-2-3-8)13(22)20(14(23)19-15)7-12(21)18-11-6-9(16)4-5-10(11)17/h4-6,8H,2-3,7H2,1H3,(H,18,21)(H,19,23). The molecule has 3 rings (SSSR count). The molecule has 0 aromatic heterocycles. The first-order valence-corrected chi connectivity index (χ1v) is 7.20. The van der Waals surface area contributed by atoms with Crippen LogP contribution in [0.15, 0.2) is 18.2 Å². The van der Waals surface area contributed by atoms with Gasteiger partial charge < -0.3 is 10.6 Å². The molecule has 1 aliphatic heterocycles. The average Bonchev–Trinajstić information content (AvgIpc) is 3.29. The lowest BCUT2D eigenvalue weighted by Gasteiger charge is -2.20. The molecule has 0 radical (unpaired) electrons. The minimum absolute atomic E-state index is 0.0766. The summed E-state index contributed by atoms with van der Waals surface area (Å²) in [7, 11) is 0. The van der Waals surface area contributed by atoms with Crippen molar-refractivity contribution in [3.05, 3.63) is 29.8 Å². The Balaban J connectivity index is 1.69. The number of nitrogens with zero attached hydrogens (tertiary/aromatic N) is 1. The Bertz CT molecular complexity index is 705. The Morgan fingerprint density at radius 1 is 1.39 bits per heavy atom. The third kappa shape index (κ3) is 2.76. The molecule has 2 fully saturated rings. The fraction of sp³-hybridized carbons (Fsp3) is 0.400. The molecule has 122 valence electrons. The van der Waals surface area contributed by atoms with Gasteiger partial charge in [-0.25, -0.2) is 13.6 Å². The molecule has 0 spiro atoms. The number of benzene rings is 1. The zero-order valence-corrected chi connectivity index (χ0v) is 12.4. The third-order valence-corrected chi connectivity index (χ3v) is 4.20. The predicted octanol–water partition coefficient (Wildman–Crippen LogP) is 1.62. The molecule has 2 aliphatic rings. The molecular weight excluding hydrogens is 308 g/mol. The van der Waals surface area contributed by atoms with Crippen molar-refractivity contribution >= 4 is 23.5 Å². The number of carbonyl (C=O) groups is 3. The minimum atomic E-state index is -0.985. The van der Waals surface area contributed by atoms with Crippen LogP contribution in [0.25, 0.3) is 0 Å². The van der Waals surface area contributed by atoms with Crippen LogP contribution in [0.3, 0.4) is 0 Å². The third-order valence-electron chi connectivity index (χ3n) is 4.20. The largest absolute Gasteiger partial charge is 0.325 e. The molecule has 2 N–H and O–H groups in total. The van der Waals surface area contributed by atoms with Gasteiger partial charge in [-0.15, -0.1) is 0 Å². The summed E-state index contributed by atoms with van der Waals surface area (Å²) in [6, 6.07) is 1.97. The van der Waals surface area contributed by atoms with Crippen molar-refractivity contribution < 1.29 is 23.2 Å². The van der Waals surface area contributed by atoms with E-state index in [1.165, 1.54) is 0 Å². The lowest BCUT2D eigenvalue weighted by Crippen LogP contribution is -2.46. The lowest BCUT2D eigenvalue weighted by molar-refractivity contribution is -0.134. The normalized spacial score (nSPS) is 23.9. The Labute approximate surface area is 130 Å². The van der Waals surface area contributed by atoms with Crippen LogP contribution in [0.2, 0.25) is 0 Å². The van der Waals surface area contributed by atoms with Crippen molar-refractivity contribution in [3.8, 4) is 0 Å². The Morgan fingerprint density at radius 2 is 2.09 bits per heavy atom. The van der Waals surface area contributed by atoms with E-state index in [1.54, 1.807) is 6.92 Å². The van der Waals surface area contributed by atoms with E-state index >= 15 is 0 Å². The van der Waals surface area contributed by atoms with E-state index in [0.29, 0.717) is 0 Å². The van der Waals surface area contributed by atoms with E-state index in [4.69, 9.17) is 0 Å². The summed E-state index contributed by atoms with van der Waals surface area (Å²) in [4.78, 5) is 37.0. The molecule has 1 aliphatic carbocycles. The zero-order valence-electron chi connectivity index (χ0n) is 12.4. The van der Waals surface area contributed by atoms with Crippen molar-refractivity contribution in [2.75, 3.05) is 11.9 Å². The summed E-state index contributed by atoms with van der Waals surface area (Å²) in [5.74, 6) is -2.69. The molecule has 4 amide bonds. The molecule has 6 nitrogen and oxygen atoms in total. The van der Waals surface area contributed by atoms with Crippen LogP contribution in [0.4, 0.5) is 19.3 Å². The van der Waals surface area contributed by atoms with Crippen molar-refractivity contribution in [3.63, 3.8) is 0 Å². The highest BCUT2D eigenvalue weighted by Gasteiger charge is 2.56. The van der Waals surface area contributed by atoms with Crippen LogP contribution in [0.5, 0.6) is 0 Å². The zero-order chi connectivity index (χ0) is 16.8. The average molecular weight is 323 g/mol. The van der Waals surface area contributed by atoms with Gasteiger partial charge in [0, 0.05) is 6.07 Å². The molecular formula is C15H15F2N3O3. The van der Waals surface area contributed by atoms with Gasteiger partial charge in [0.1, 0.15) is 23.7 Å². The van der Waals surface area contributed by atoms with Crippen molar-refractivity contribution in [2.45, 2.75) is 25.3 Å². The first-order valence-electron chi connectivity index (χ1n) is 7.20. The maximum Gasteiger partial charge on any atom is 0.325 e. The summed E-state index contributed by atoms with van der Waals surface area (Å²) in [6.45, 7) is 1.08. The van der Waals surface area contributed by atoms with Gasteiger partial charge >= 0.3 is 6.03 Å². The first-order chi connectivity index (χ1) is 10.8. The van der Waals surface area contributed by atoms with Gasteiger partial charge in [0.2, 0.25) is 5.91 Å². The monoisotopic (exact) mass is 323 g/mol. The highest BCUT2D eigenvalue weighted by atomic mass is 19.1. The number of halogens is 2. The van der Waals surface area contributed by atoms with Crippen LogP contribution in [0, 0.1) is 17.6 Å². The number of imide groups is 1. The van der Waals surface area contributed by atoms with E-state index in [9.17, 15) is 23.2 Å². The maximum absolute atomic E-state index is 13.5. The summed E-state index contributed by atoms with van der Waals surface area (Å²) in [5.41, 5.74) is -1.33. The van der Waals surface area contributed by atoms with E-state index in [0.717, 1.165) is 35.9 Å². The van der Waals surface area contributed by atoms with Gasteiger partial charge in [0.15, 0.2) is 0 Å². The molecule has 8 heteroatoms. The Hall–Kier alpha value is -2.51. The summed E-state index contributed by atoms with van der Waals surface area (Å²) < 4.78 is 26.6. The molecule has 1 atom stereocenters. The van der Waals surface area contributed by atoms with Gasteiger partial charge in [-0.1, -0.05) is 0 Å². The summed E-state index contributed by atoms with van der Waals surface area (Å²) in [5, 5.41) is 4.77. The first kappa shape index (κ1) is 15.4. The van der Waals surface area contributed by atoms with Crippen LogP contribution < -0.4 is 10.6 Å². The fourth-order valence-corrected chi connectivity index (χ4v) is 2.72. The maximum atomic E-state index is 13.5. The number of amides is 4. The van der Waals surface area contributed by atoms with Crippen LogP contribution >= 0.6 is 0 Å². The number of nitrogens with one attached hydrogen (secondary N) is 2. The van der Waals surface area contributed by atoms with E-state index in [1.807, 2.05) is 0 Å².